The van der Waals surface area contributed by atoms with Gasteiger partial charge in [-0.05, 0) is 181 Å². The lowest BCUT2D eigenvalue weighted by Gasteiger charge is -2.29. The molecule has 1 aliphatic rings. The standard InChI is InChI=1S/C50H42N2/c1-31-7-15-41(16-8-31)51(49-21-11-33(3)23-35(49)5)43-19-13-37-27-45-46-28-38-14-20-44(26-40(38)30-48(46)47(45)29-39(37)25-43)52(42-17-9-32(2)10-18-42)50-22-12-34(4)24-36(50)6/h7-30H,1-6H3. The molecular weight excluding hydrogens is 629 g/mol. The van der Waals surface area contributed by atoms with Crippen molar-refractivity contribution in [3.05, 3.63) is 179 Å². The molecule has 0 saturated heterocycles. The second kappa shape index (κ2) is 12.3. The number of anilines is 6. The Hall–Kier alpha value is -6.12. The van der Waals surface area contributed by atoms with E-state index >= 15 is 0 Å². The number of fused-ring (bicyclic) bond motifs is 6. The van der Waals surface area contributed by atoms with Crippen LogP contribution in [0.3, 0.4) is 0 Å². The summed E-state index contributed by atoms with van der Waals surface area (Å²) < 4.78 is 0. The molecule has 0 heterocycles. The molecule has 0 radical (unpaired) electrons. The van der Waals surface area contributed by atoms with Crippen molar-refractivity contribution in [3.8, 4) is 22.3 Å². The van der Waals surface area contributed by atoms with Gasteiger partial charge in [-0.25, -0.2) is 0 Å². The molecule has 1 aliphatic carbocycles. The maximum absolute atomic E-state index is 2.40. The first-order chi connectivity index (χ1) is 25.2. The summed E-state index contributed by atoms with van der Waals surface area (Å²) in [5, 5.41) is 5.02. The van der Waals surface area contributed by atoms with E-state index in [0.717, 1.165) is 22.7 Å². The minimum atomic E-state index is 1.16. The molecule has 2 nitrogen and oxygen atoms in total. The third-order valence-electron chi connectivity index (χ3n) is 10.8. The van der Waals surface area contributed by atoms with Gasteiger partial charge in [0.05, 0.1) is 0 Å². The number of rotatable bonds is 6. The van der Waals surface area contributed by atoms with E-state index in [9.17, 15) is 0 Å². The molecule has 8 aromatic carbocycles. The molecule has 0 aromatic heterocycles. The monoisotopic (exact) mass is 670 g/mol. The van der Waals surface area contributed by atoms with Crippen LogP contribution in [0.5, 0.6) is 0 Å². The molecule has 252 valence electrons. The Morgan fingerprint density at radius 2 is 0.596 bits per heavy atom. The fourth-order valence-electron chi connectivity index (χ4n) is 8.03. The van der Waals surface area contributed by atoms with Crippen molar-refractivity contribution in [2.75, 3.05) is 9.80 Å². The summed E-state index contributed by atoms with van der Waals surface area (Å²) in [5.41, 5.74) is 19.9. The topological polar surface area (TPSA) is 6.48 Å². The minimum Gasteiger partial charge on any atom is -0.310 e. The SMILES string of the molecule is Cc1ccc(N(c2ccc3cc4c(cc3c2)-c2cc3cc(N(c5ccc(C)cc5)c5ccc(C)cc5C)ccc3cc2-4)c2ccc(C)cc2C)cc1. The predicted molar refractivity (Wildman–Crippen MR) is 224 cm³/mol. The summed E-state index contributed by atoms with van der Waals surface area (Å²) >= 11 is 0. The van der Waals surface area contributed by atoms with E-state index in [1.54, 1.807) is 0 Å². The Bertz CT molecular complexity index is 2490. The van der Waals surface area contributed by atoms with Crippen molar-refractivity contribution in [1.82, 2.24) is 0 Å². The fraction of sp³-hybridized carbons (Fsp3) is 0.120. The van der Waals surface area contributed by atoms with Crippen LogP contribution in [0.1, 0.15) is 33.4 Å². The van der Waals surface area contributed by atoms with Gasteiger partial charge in [-0.1, -0.05) is 82.9 Å². The van der Waals surface area contributed by atoms with E-state index in [1.807, 2.05) is 0 Å². The molecule has 0 unspecified atom stereocenters. The molecule has 0 spiro atoms. The first-order valence-corrected chi connectivity index (χ1v) is 18.2. The molecule has 2 heteroatoms. The van der Waals surface area contributed by atoms with Gasteiger partial charge < -0.3 is 9.80 Å². The van der Waals surface area contributed by atoms with Crippen LogP contribution in [0, 0.1) is 41.5 Å². The smallest absolute Gasteiger partial charge is 0.0490 e. The highest BCUT2D eigenvalue weighted by molar-refractivity contribution is 6.12. The van der Waals surface area contributed by atoms with Crippen molar-refractivity contribution in [1.29, 1.82) is 0 Å². The molecule has 0 fully saturated rings. The van der Waals surface area contributed by atoms with Gasteiger partial charge in [0.15, 0.2) is 0 Å². The Balaban J connectivity index is 1.13. The predicted octanol–water partition coefficient (Wildman–Crippen LogP) is 14.4. The van der Waals surface area contributed by atoms with Gasteiger partial charge in [0.1, 0.15) is 0 Å². The van der Waals surface area contributed by atoms with Crippen molar-refractivity contribution in [2.45, 2.75) is 41.5 Å². The van der Waals surface area contributed by atoms with Crippen LogP contribution in [0.4, 0.5) is 34.1 Å². The molecule has 0 saturated carbocycles. The molecule has 8 aromatic rings. The third-order valence-corrected chi connectivity index (χ3v) is 10.8. The van der Waals surface area contributed by atoms with Gasteiger partial charge in [-0.2, -0.15) is 0 Å². The van der Waals surface area contributed by atoms with Gasteiger partial charge in [-0.15, -0.1) is 0 Å². The van der Waals surface area contributed by atoms with Gasteiger partial charge in [0.2, 0.25) is 0 Å². The fourth-order valence-corrected chi connectivity index (χ4v) is 8.03. The Morgan fingerprint density at radius 1 is 0.269 bits per heavy atom. The molecule has 0 aliphatic heterocycles. The van der Waals surface area contributed by atoms with Crippen molar-refractivity contribution < 1.29 is 0 Å². The molecule has 0 N–H and O–H groups in total. The van der Waals surface area contributed by atoms with Crippen LogP contribution in [0.25, 0.3) is 43.8 Å². The summed E-state index contributed by atoms with van der Waals surface area (Å²) in [5.74, 6) is 0. The third kappa shape index (κ3) is 5.43. The number of benzene rings is 8. The van der Waals surface area contributed by atoms with Gasteiger partial charge in [0, 0.05) is 34.1 Å². The van der Waals surface area contributed by atoms with Crippen LogP contribution < -0.4 is 9.80 Å². The summed E-state index contributed by atoms with van der Waals surface area (Å²) in [6, 6.07) is 54.6. The Kier molecular flexibility index (Phi) is 7.52. The summed E-state index contributed by atoms with van der Waals surface area (Å²) in [6.45, 7) is 13.0. The lowest BCUT2D eigenvalue weighted by Crippen LogP contribution is -2.11. The van der Waals surface area contributed by atoms with Crippen molar-refractivity contribution >= 4 is 55.7 Å². The highest BCUT2D eigenvalue weighted by Gasteiger charge is 2.25. The van der Waals surface area contributed by atoms with Gasteiger partial charge >= 0.3 is 0 Å². The number of aryl methyl sites for hydroxylation is 6. The van der Waals surface area contributed by atoms with Crippen molar-refractivity contribution in [2.24, 2.45) is 0 Å². The maximum atomic E-state index is 2.40. The number of hydrogen-bond acceptors (Lipinski definition) is 2. The molecule has 0 atom stereocenters. The average molecular weight is 671 g/mol. The second-order valence-electron chi connectivity index (χ2n) is 14.8. The van der Waals surface area contributed by atoms with Gasteiger partial charge in [-0.3, -0.25) is 0 Å². The Morgan fingerprint density at radius 3 is 0.962 bits per heavy atom. The zero-order chi connectivity index (χ0) is 35.7. The Labute approximate surface area is 307 Å². The summed E-state index contributed by atoms with van der Waals surface area (Å²) in [4.78, 5) is 4.79. The van der Waals surface area contributed by atoms with Crippen LogP contribution in [-0.4, -0.2) is 0 Å². The lowest BCUT2D eigenvalue weighted by molar-refractivity contribution is 1.24. The normalized spacial score (nSPS) is 11.7. The molecule has 52 heavy (non-hydrogen) atoms. The van der Waals surface area contributed by atoms with E-state index in [1.165, 1.54) is 88.6 Å². The van der Waals surface area contributed by atoms with Crippen LogP contribution in [0.15, 0.2) is 146 Å². The highest BCUT2D eigenvalue weighted by atomic mass is 15.1. The second-order valence-corrected chi connectivity index (χ2v) is 14.8. The molecular formula is C50H42N2. The first-order valence-electron chi connectivity index (χ1n) is 18.2. The quantitative estimate of drug-likeness (QED) is 0.174. The van der Waals surface area contributed by atoms with Crippen LogP contribution in [0.2, 0.25) is 0 Å². The summed E-state index contributed by atoms with van der Waals surface area (Å²) in [6.07, 6.45) is 0. The van der Waals surface area contributed by atoms with E-state index in [-0.39, 0.29) is 0 Å². The number of hydrogen-bond donors (Lipinski definition) is 0. The zero-order valence-electron chi connectivity index (χ0n) is 30.8. The van der Waals surface area contributed by atoms with E-state index < -0.39 is 0 Å². The zero-order valence-corrected chi connectivity index (χ0v) is 30.8. The van der Waals surface area contributed by atoms with Gasteiger partial charge in [0.25, 0.3) is 0 Å². The lowest BCUT2D eigenvalue weighted by atomic mass is 9.78. The minimum absolute atomic E-state index is 1.16. The van der Waals surface area contributed by atoms with E-state index in [2.05, 4.69) is 197 Å². The average Bonchev–Trinajstić information content (AvgIpc) is 3.13. The molecule has 0 amide bonds. The highest BCUT2D eigenvalue weighted by Crippen LogP contribution is 2.51. The van der Waals surface area contributed by atoms with E-state index in [4.69, 9.17) is 0 Å². The molecule has 9 rings (SSSR count). The first kappa shape index (κ1) is 31.8. The van der Waals surface area contributed by atoms with Crippen LogP contribution in [-0.2, 0) is 0 Å². The van der Waals surface area contributed by atoms with E-state index in [0.29, 0.717) is 0 Å². The van der Waals surface area contributed by atoms with Crippen LogP contribution >= 0.6 is 0 Å². The largest absolute Gasteiger partial charge is 0.310 e. The maximum Gasteiger partial charge on any atom is 0.0490 e. The molecule has 0 bridgehead atoms. The number of nitrogens with zero attached hydrogens (tertiary/aromatic N) is 2. The van der Waals surface area contributed by atoms with Crippen molar-refractivity contribution in [3.63, 3.8) is 0 Å². The summed E-state index contributed by atoms with van der Waals surface area (Å²) in [7, 11) is 0.